The highest BCUT2D eigenvalue weighted by atomic mass is 35.5. The van der Waals surface area contributed by atoms with Gasteiger partial charge in [-0.1, -0.05) is 35.9 Å². The predicted octanol–water partition coefficient (Wildman–Crippen LogP) is 4.85. The summed E-state index contributed by atoms with van der Waals surface area (Å²) in [5.74, 6) is 0.449. The first-order valence-corrected chi connectivity index (χ1v) is 10.1. The summed E-state index contributed by atoms with van der Waals surface area (Å²) in [5, 5.41) is 15.3. The fourth-order valence-corrected chi connectivity index (χ4v) is 3.47. The molecule has 0 atom stereocenters. The summed E-state index contributed by atoms with van der Waals surface area (Å²) in [6, 6.07) is 16.9. The van der Waals surface area contributed by atoms with Crippen LogP contribution >= 0.6 is 11.6 Å². The van der Waals surface area contributed by atoms with Gasteiger partial charge in [-0.2, -0.15) is 10.2 Å². The van der Waals surface area contributed by atoms with Gasteiger partial charge in [-0.15, -0.1) is 0 Å². The molecule has 2 aromatic heterocycles. The molecule has 2 aromatic carbocycles. The number of hydrogen-bond donors (Lipinski definition) is 2. The van der Waals surface area contributed by atoms with Gasteiger partial charge in [-0.3, -0.25) is 14.6 Å². The molecule has 0 radical (unpaired) electrons. The number of carbonyl (C=O) groups is 1. The van der Waals surface area contributed by atoms with E-state index in [9.17, 15) is 4.79 Å². The lowest BCUT2D eigenvalue weighted by Crippen LogP contribution is -2.14. The van der Waals surface area contributed by atoms with Crippen LogP contribution in [0.15, 0.2) is 54.6 Å². The van der Waals surface area contributed by atoms with Crippen molar-refractivity contribution < 1.29 is 9.53 Å². The minimum absolute atomic E-state index is 0.279. The molecule has 2 N–H and O–H groups in total. The number of halogens is 1. The Kier molecular flexibility index (Phi) is 5.77. The van der Waals surface area contributed by atoms with Gasteiger partial charge in [-0.05, 0) is 49.7 Å². The second-order valence-corrected chi connectivity index (χ2v) is 7.62. The Morgan fingerprint density at radius 2 is 1.94 bits per heavy atom. The van der Waals surface area contributed by atoms with Gasteiger partial charge in [0.15, 0.2) is 0 Å². The standard InChI is InChI=1S/C23H22ClN5O2/c1-14-22(15(2)29(28-14)13-16-7-9-18(24)10-8-16)25-23(30)21-12-20(26-27-21)17-5-4-6-19(11-17)31-3/h4-12H,13H2,1-3H3,(H,25,30)(H,26,27). The van der Waals surface area contributed by atoms with Crippen molar-refractivity contribution in [3.63, 3.8) is 0 Å². The number of amides is 1. The number of hydrogen-bond acceptors (Lipinski definition) is 4. The van der Waals surface area contributed by atoms with E-state index >= 15 is 0 Å². The van der Waals surface area contributed by atoms with Crippen LogP contribution in [0.3, 0.4) is 0 Å². The van der Waals surface area contributed by atoms with Crippen molar-refractivity contribution in [3.8, 4) is 17.0 Å². The van der Waals surface area contributed by atoms with Gasteiger partial charge in [0.25, 0.3) is 5.91 Å². The zero-order valence-electron chi connectivity index (χ0n) is 17.4. The third kappa shape index (κ3) is 4.46. The number of carbonyl (C=O) groups excluding carboxylic acids is 1. The van der Waals surface area contributed by atoms with Crippen molar-refractivity contribution in [1.29, 1.82) is 0 Å². The average Bonchev–Trinajstić information content (AvgIpc) is 3.37. The number of methoxy groups -OCH3 is 1. The summed E-state index contributed by atoms with van der Waals surface area (Å²) < 4.78 is 7.12. The second kappa shape index (κ2) is 8.65. The maximum Gasteiger partial charge on any atom is 0.273 e. The molecule has 0 saturated carbocycles. The van der Waals surface area contributed by atoms with Crippen molar-refractivity contribution in [2.45, 2.75) is 20.4 Å². The Labute approximate surface area is 185 Å². The van der Waals surface area contributed by atoms with E-state index in [0.717, 1.165) is 28.3 Å². The van der Waals surface area contributed by atoms with Gasteiger partial charge in [0.1, 0.15) is 11.4 Å². The molecule has 0 saturated heterocycles. The number of anilines is 1. The zero-order chi connectivity index (χ0) is 22.0. The quantitative estimate of drug-likeness (QED) is 0.453. The number of nitrogens with zero attached hydrogens (tertiary/aromatic N) is 3. The summed E-state index contributed by atoms with van der Waals surface area (Å²) in [6.07, 6.45) is 0. The van der Waals surface area contributed by atoms with Crippen molar-refractivity contribution in [3.05, 3.63) is 82.3 Å². The Morgan fingerprint density at radius 3 is 2.68 bits per heavy atom. The van der Waals surface area contributed by atoms with Crippen molar-refractivity contribution in [1.82, 2.24) is 20.0 Å². The fourth-order valence-electron chi connectivity index (χ4n) is 3.34. The highest BCUT2D eigenvalue weighted by Crippen LogP contribution is 2.24. The Balaban J connectivity index is 1.52. The molecule has 8 heteroatoms. The monoisotopic (exact) mass is 435 g/mol. The number of rotatable bonds is 6. The van der Waals surface area contributed by atoms with E-state index in [4.69, 9.17) is 16.3 Å². The molecule has 2 heterocycles. The summed E-state index contributed by atoms with van der Waals surface area (Å²) >= 11 is 5.96. The van der Waals surface area contributed by atoms with Crippen LogP contribution < -0.4 is 10.1 Å². The predicted molar refractivity (Wildman–Crippen MR) is 121 cm³/mol. The molecular formula is C23H22ClN5O2. The number of ether oxygens (including phenoxy) is 1. The largest absolute Gasteiger partial charge is 0.497 e. The van der Waals surface area contributed by atoms with Gasteiger partial charge in [0.05, 0.1) is 36.4 Å². The number of nitrogens with one attached hydrogen (secondary N) is 2. The maximum atomic E-state index is 12.8. The first kappa shape index (κ1) is 20.7. The van der Waals surface area contributed by atoms with Crippen LogP contribution in [-0.4, -0.2) is 33.0 Å². The van der Waals surface area contributed by atoms with E-state index in [-0.39, 0.29) is 5.91 Å². The van der Waals surface area contributed by atoms with Crippen LogP contribution in [0.2, 0.25) is 5.02 Å². The first-order chi connectivity index (χ1) is 14.9. The van der Waals surface area contributed by atoms with Crippen LogP contribution in [0.4, 0.5) is 5.69 Å². The highest BCUT2D eigenvalue weighted by molar-refractivity contribution is 6.30. The van der Waals surface area contributed by atoms with Crippen LogP contribution in [0.25, 0.3) is 11.3 Å². The Bertz CT molecular complexity index is 1230. The molecule has 0 aliphatic rings. The van der Waals surface area contributed by atoms with Crippen molar-refractivity contribution in [2.24, 2.45) is 0 Å². The molecule has 0 spiro atoms. The molecule has 4 rings (SSSR count). The van der Waals surface area contributed by atoms with Gasteiger partial charge in [0, 0.05) is 10.6 Å². The van der Waals surface area contributed by atoms with E-state index in [2.05, 4.69) is 20.6 Å². The topological polar surface area (TPSA) is 84.8 Å². The van der Waals surface area contributed by atoms with Crippen molar-refractivity contribution in [2.75, 3.05) is 12.4 Å². The third-order valence-electron chi connectivity index (χ3n) is 5.05. The fraction of sp³-hybridized carbons (Fsp3) is 0.174. The second-order valence-electron chi connectivity index (χ2n) is 7.18. The van der Waals surface area contributed by atoms with Gasteiger partial charge in [0.2, 0.25) is 0 Å². The first-order valence-electron chi connectivity index (χ1n) is 9.74. The molecule has 7 nitrogen and oxygen atoms in total. The summed E-state index contributed by atoms with van der Waals surface area (Å²) in [4.78, 5) is 12.8. The van der Waals surface area contributed by atoms with E-state index in [1.54, 1.807) is 13.2 Å². The summed E-state index contributed by atoms with van der Waals surface area (Å²) in [5.41, 5.74) is 5.26. The van der Waals surface area contributed by atoms with Crippen LogP contribution in [0, 0.1) is 13.8 Å². The number of aromatic nitrogens is 4. The van der Waals surface area contributed by atoms with Gasteiger partial charge < -0.3 is 10.1 Å². The van der Waals surface area contributed by atoms with E-state index in [1.807, 2.05) is 67.1 Å². The maximum absolute atomic E-state index is 12.8. The molecule has 31 heavy (non-hydrogen) atoms. The van der Waals surface area contributed by atoms with E-state index in [1.165, 1.54) is 0 Å². The molecular weight excluding hydrogens is 414 g/mol. The van der Waals surface area contributed by atoms with Crippen LogP contribution in [0.1, 0.15) is 27.4 Å². The molecule has 4 aromatic rings. The minimum Gasteiger partial charge on any atom is -0.497 e. The molecule has 158 valence electrons. The summed E-state index contributed by atoms with van der Waals surface area (Å²) in [6.45, 7) is 4.39. The smallest absolute Gasteiger partial charge is 0.273 e. The lowest BCUT2D eigenvalue weighted by Gasteiger charge is -2.07. The lowest BCUT2D eigenvalue weighted by molar-refractivity contribution is 0.102. The molecule has 0 aliphatic heterocycles. The molecule has 0 bridgehead atoms. The normalized spacial score (nSPS) is 10.8. The molecule has 0 fully saturated rings. The average molecular weight is 436 g/mol. The molecule has 1 amide bonds. The zero-order valence-corrected chi connectivity index (χ0v) is 18.2. The Morgan fingerprint density at radius 1 is 1.16 bits per heavy atom. The van der Waals surface area contributed by atoms with E-state index in [0.29, 0.717) is 28.6 Å². The molecule has 0 aliphatic carbocycles. The van der Waals surface area contributed by atoms with Gasteiger partial charge >= 0.3 is 0 Å². The van der Waals surface area contributed by atoms with E-state index < -0.39 is 0 Å². The number of H-pyrrole nitrogens is 1. The van der Waals surface area contributed by atoms with Gasteiger partial charge in [-0.25, -0.2) is 0 Å². The van der Waals surface area contributed by atoms with Crippen LogP contribution in [0.5, 0.6) is 5.75 Å². The number of aryl methyl sites for hydroxylation is 1. The number of aromatic amines is 1. The lowest BCUT2D eigenvalue weighted by atomic mass is 10.1. The van der Waals surface area contributed by atoms with Crippen LogP contribution in [-0.2, 0) is 6.54 Å². The molecule has 0 unspecified atom stereocenters. The Hall–Kier alpha value is -3.58. The number of benzene rings is 2. The SMILES string of the molecule is COc1cccc(-c2cc(C(=O)Nc3c(C)nn(Cc4ccc(Cl)cc4)c3C)[nH]n2)c1. The summed E-state index contributed by atoms with van der Waals surface area (Å²) in [7, 11) is 1.61. The van der Waals surface area contributed by atoms with Crippen molar-refractivity contribution >= 4 is 23.2 Å². The third-order valence-corrected chi connectivity index (χ3v) is 5.31. The highest BCUT2D eigenvalue weighted by Gasteiger charge is 2.17. The minimum atomic E-state index is -0.279.